The second-order valence-electron chi connectivity index (χ2n) is 4.33. The molecular formula is C14H21N3O2. The number of hydrogen-bond acceptors (Lipinski definition) is 3. The lowest BCUT2D eigenvalue weighted by Crippen LogP contribution is -2.38. The highest BCUT2D eigenvalue weighted by atomic mass is 16.4. The summed E-state index contributed by atoms with van der Waals surface area (Å²) >= 11 is 0. The van der Waals surface area contributed by atoms with Gasteiger partial charge in [-0.2, -0.15) is 0 Å². The van der Waals surface area contributed by atoms with Crippen molar-refractivity contribution >= 4 is 11.7 Å². The minimum atomic E-state index is -0.584. The molecule has 0 spiro atoms. The van der Waals surface area contributed by atoms with E-state index in [-0.39, 0.29) is 11.7 Å². The lowest BCUT2D eigenvalue weighted by Gasteiger charge is -2.14. The largest absolute Gasteiger partial charge is 0.409 e. The SMILES string of the molecule is CCc1ccccc1CNC(=O)C(CC)C(N)=NO. The zero-order chi connectivity index (χ0) is 14.3. The molecule has 1 aromatic rings. The van der Waals surface area contributed by atoms with E-state index in [0.29, 0.717) is 13.0 Å². The van der Waals surface area contributed by atoms with E-state index in [2.05, 4.69) is 17.4 Å². The molecule has 0 aliphatic carbocycles. The molecule has 1 amide bonds. The molecule has 0 heterocycles. The quantitative estimate of drug-likeness (QED) is 0.315. The van der Waals surface area contributed by atoms with E-state index in [0.717, 1.165) is 12.0 Å². The maximum Gasteiger partial charge on any atom is 0.231 e. The van der Waals surface area contributed by atoms with Gasteiger partial charge in [0.25, 0.3) is 0 Å². The van der Waals surface area contributed by atoms with Crippen molar-refractivity contribution in [1.29, 1.82) is 0 Å². The fraction of sp³-hybridized carbons (Fsp3) is 0.429. The lowest BCUT2D eigenvalue weighted by molar-refractivity contribution is -0.123. The summed E-state index contributed by atoms with van der Waals surface area (Å²) < 4.78 is 0. The molecule has 5 heteroatoms. The molecule has 0 aliphatic rings. The molecule has 0 saturated heterocycles. The maximum absolute atomic E-state index is 12.0. The second kappa shape index (κ2) is 7.41. The van der Waals surface area contributed by atoms with Gasteiger partial charge in [0, 0.05) is 6.54 Å². The van der Waals surface area contributed by atoms with Crippen LogP contribution in [0, 0.1) is 5.92 Å². The van der Waals surface area contributed by atoms with E-state index in [4.69, 9.17) is 10.9 Å². The van der Waals surface area contributed by atoms with Gasteiger partial charge >= 0.3 is 0 Å². The highest BCUT2D eigenvalue weighted by molar-refractivity contribution is 6.01. The minimum absolute atomic E-state index is 0.0521. The minimum Gasteiger partial charge on any atom is -0.409 e. The predicted octanol–water partition coefficient (Wildman–Crippen LogP) is 1.64. The number of amides is 1. The molecule has 5 nitrogen and oxygen atoms in total. The van der Waals surface area contributed by atoms with Crippen molar-refractivity contribution in [2.75, 3.05) is 0 Å². The van der Waals surface area contributed by atoms with Crippen LogP contribution in [0.25, 0.3) is 0 Å². The average Bonchev–Trinajstić information content (AvgIpc) is 2.45. The van der Waals surface area contributed by atoms with Gasteiger partial charge in [0.1, 0.15) is 0 Å². The van der Waals surface area contributed by atoms with Crippen molar-refractivity contribution in [3.63, 3.8) is 0 Å². The average molecular weight is 263 g/mol. The Bertz CT molecular complexity index is 458. The number of carbonyl (C=O) groups is 1. The highest BCUT2D eigenvalue weighted by Gasteiger charge is 2.20. The van der Waals surface area contributed by atoms with Crippen LogP contribution in [0.4, 0.5) is 0 Å². The zero-order valence-corrected chi connectivity index (χ0v) is 11.4. The Morgan fingerprint density at radius 3 is 2.53 bits per heavy atom. The molecule has 0 saturated carbocycles. The Balaban J connectivity index is 2.68. The summed E-state index contributed by atoms with van der Waals surface area (Å²) in [6.45, 7) is 4.35. The van der Waals surface area contributed by atoms with Gasteiger partial charge in [-0.05, 0) is 24.0 Å². The number of oxime groups is 1. The van der Waals surface area contributed by atoms with Gasteiger partial charge in [-0.3, -0.25) is 4.79 Å². The molecule has 0 aromatic heterocycles. The monoisotopic (exact) mass is 263 g/mol. The van der Waals surface area contributed by atoms with Crippen molar-refractivity contribution in [3.05, 3.63) is 35.4 Å². The molecule has 0 aliphatic heterocycles. The van der Waals surface area contributed by atoms with Gasteiger partial charge in [0.05, 0.1) is 5.92 Å². The van der Waals surface area contributed by atoms with Crippen LogP contribution in [0.2, 0.25) is 0 Å². The van der Waals surface area contributed by atoms with E-state index in [9.17, 15) is 4.79 Å². The van der Waals surface area contributed by atoms with Crippen LogP contribution in [0.3, 0.4) is 0 Å². The number of carbonyl (C=O) groups excluding carboxylic acids is 1. The summed E-state index contributed by atoms with van der Waals surface area (Å²) in [4.78, 5) is 12.0. The van der Waals surface area contributed by atoms with Crippen molar-refractivity contribution in [3.8, 4) is 0 Å². The molecular weight excluding hydrogens is 242 g/mol. The van der Waals surface area contributed by atoms with Crippen molar-refractivity contribution in [1.82, 2.24) is 5.32 Å². The Morgan fingerprint density at radius 1 is 1.37 bits per heavy atom. The standard InChI is InChI=1S/C14H21N3O2/c1-3-10-7-5-6-8-11(10)9-16-14(18)12(4-2)13(15)17-19/h5-8,12,19H,3-4,9H2,1-2H3,(H2,15,17)(H,16,18). The third-order valence-electron chi connectivity index (χ3n) is 3.15. The van der Waals surface area contributed by atoms with Gasteiger partial charge in [-0.15, -0.1) is 0 Å². The number of amidine groups is 1. The fourth-order valence-corrected chi connectivity index (χ4v) is 1.98. The summed E-state index contributed by atoms with van der Waals surface area (Å²) in [7, 11) is 0. The Kier molecular flexibility index (Phi) is 5.85. The Labute approximate surface area is 113 Å². The highest BCUT2D eigenvalue weighted by Crippen LogP contribution is 2.10. The molecule has 0 bridgehead atoms. The number of nitrogens with two attached hydrogens (primary N) is 1. The van der Waals surface area contributed by atoms with Crippen LogP contribution in [0.15, 0.2) is 29.4 Å². The topological polar surface area (TPSA) is 87.7 Å². The number of aryl methyl sites for hydroxylation is 1. The molecule has 4 N–H and O–H groups in total. The molecule has 104 valence electrons. The number of rotatable bonds is 6. The third-order valence-corrected chi connectivity index (χ3v) is 3.15. The molecule has 1 atom stereocenters. The van der Waals surface area contributed by atoms with Crippen molar-refractivity contribution in [2.45, 2.75) is 33.2 Å². The van der Waals surface area contributed by atoms with E-state index in [1.165, 1.54) is 5.56 Å². The molecule has 0 radical (unpaired) electrons. The first-order valence-corrected chi connectivity index (χ1v) is 6.45. The van der Waals surface area contributed by atoms with Crippen LogP contribution < -0.4 is 11.1 Å². The summed E-state index contributed by atoms with van der Waals surface area (Å²) in [6.07, 6.45) is 1.42. The predicted molar refractivity (Wildman–Crippen MR) is 74.9 cm³/mol. The van der Waals surface area contributed by atoms with Gasteiger partial charge in [0.2, 0.25) is 5.91 Å². The number of nitrogens with zero attached hydrogens (tertiary/aromatic N) is 1. The van der Waals surface area contributed by atoms with Gasteiger partial charge < -0.3 is 16.3 Å². The van der Waals surface area contributed by atoms with E-state index >= 15 is 0 Å². The number of nitrogens with one attached hydrogen (secondary N) is 1. The summed E-state index contributed by atoms with van der Waals surface area (Å²) in [6, 6.07) is 7.96. The number of hydrogen-bond donors (Lipinski definition) is 3. The Hall–Kier alpha value is -2.04. The smallest absolute Gasteiger partial charge is 0.231 e. The third kappa shape index (κ3) is 3.98. The second-order valence-corrected chi connectivity index (χ2v) is 4.33. The van der Waals surface area contributed by atoms with Gasteiger partial charge in [0.15, 0.2) is 5.84 Å². The zero-order valence-electron chi connectivity index (χ0n) is 11.4. The lowest BCUT2D eigenvalue weighted by atomic mass is 10.0. The maximum atomic E-state index is 12.0. The van der Waals surface area contributed by atoms with E-state index in [1.807, 2.05) is 31.2 Å². The van der Waals surface area contributed by atoms with Crippen molar-refractivity contribution < 1.29 is 10.0 Å². The first-order chi connectivity index (χ1) is 9.13. The molecule has 19 heavy (non-hydrogen) atoms. The molecule has 0 fully saturated rings. The first-order valence-electron chi connectivity index (χ1n) is 6.45. The van der Waals surface area contributed by atoms with Crippen LogP contribution >= 0.6 is 0 Å². The van der Waals surface area contributed by atoms with E-state index in [1.54, 1.807) is 0 Å². The summed E-state index contributed by atoms with van der Waals surface area (Å²) in [5.74, 6) is -0.855. The Morgan fingerprint density at radius 2 is 2.00 bits per heavy atom. The molecule has 1 rings (SSSR count). The van der Waals surface area contributed by atoms with Crippen LogP contribution in [0.5, 0.6) is 0 Å². The fourth-order valence-electron chi connectivity index (χ4n) is 1.98. The van der Waals surface area contributed by atoms with Crippen LogP contribution in [0.1, 0.15) is 31.4 Å². The first kappa shape index (κ1) is 15.0. The van der Waals surface area contributed by atoms with E-state index < -0.39 is 5.92 Å². The van der Waals surface area contributed by atoms with Gasteiger partial charge in [-0.25, -0.2) is 0 Å². The summed E-state index contributed by atoms with van der Waals surface area (Å²) in [5.41, 5.74) is 7.79. The van der Waals surface area contributed by atoms with Gasteiger partial charge in [-0.1, -0.05) is 43.3 Å². The normalized spacial score (nSPS) is 13.1. The van der Waals surface area contributed by atoms with Crippen molar-refractivity contribution in [2.24, 2.45) is 16.8 Å². The van der Waals surface area contributed by atoms with Crippen LogP contribution in [-0.2, 0) is 17.8 Å². The number of benzene rings is 1. The molecule has 1 unspecified atom stereocenters. The van der Waals surface area contributed by atoms with Crippen LogP contribution in [-0.4, -0.2) is 17.0 Å². The summed E-state index contributed by atoms with van der Waals surface area (Å²) in [5, 5.41) is 14.4. The molecule has 1 aromatic carbocycles.